The third kappa shape index (κ3) is 5.38. The van der Waals surface area contributed by atoms with Crippen LogP contribution >= 0.6 is 35.8 Å². The predicted molar refractivity (Wildman–Crippen MR) is 118 cm³/mol. The van der Waals surface area contributed by atoms with Crippen LogP contribution in [0.2, 0.25) is 5.02 Å². The van der Waals surface area contributed by atoms with E-state index in [1.807, 2.05) is 36.4 Å². The number of thioether (sulfide) groups is 1. The van der Waals surface area contributed by atoms with Gasteiger partial charge in [-0.1, -0.05) is 16.7 Å². The molecule has 0 amide bonds. The molecule has 1 aromatic carbocycles. The molecular weight excluding hydrogens is 431 g/mol. The Labute approximate surface area is 182 Å². The molecule has 0 aliphatic rings. The number of halogens is 2. The molecule has 0 spiro atoms. The fraction of sp³-hybridized carbons (Fsp3) is 0.0526. The lowest BCUT2D eigenvalue weighted by Crippen LogP contribution is -1.92. The number of pyridine rings is 2. The van der Waals surface area contributed by atoms with Gasteiger partial charge in [-0.3, -0.25) is 0 Å². The summed E-state index contributed by atoms with van der Waals surface area (Å²) in [5, 5.41) is 12.7. The fourth-order valence-electron chi connectivity index (χ4n) is 2.44. The lowest BCUT2D eigenvalue weighted by atomic mass is 10.3. The van der Waals surface area contributed by atoms with Gasteiger partial charge in [0.1, 0.15) is 10.8 Å². The van der Waals surface area contributed by atoms with Gasteiger partial charge in [-0.25, -0.2) is 9.97 Å². The molecule has 7 nitrogen and oxygen atoms in total. The van der Waals surface area contributed by atoms with Crippen molar-refractivity contribution in [1.29, 1.82) is 0 Å². The predicted octanol–water partition coefficient (Wildman–Crippen LogP) is 5.22. The van der Waals surface area contributed by atoms with Crippen LogP contribution in [0.15, 0.2) is 70.4 Å². The van der Waals surface area contributed by atoms with Crippen LogP contribution in [0.3, 0.4) is 0 Å². The van der Waals surface area contributed by atoms with E-state index in [1.165, 1.54) is 0 Å². The largest absolute Gasteiger partial charge is 0.403 e. The van der Waals surface area contributed by atoms with E-state index in [4.69, 9.17) is 21.8 Å². The third-order valence-electron chi connectivity index (χ3n) is 3.74. The smallest absolute Gasteiger partial charge is 0.320 e. The van der Waals surface area contributed by atoms with E-state index < -0.39 is 0 Å². The zero-order chi connectivity index (χ0) is 19.3. The van der Waals surface area contributed by atoms with E-state index >= 15 is 0 Å². The molecule has 3 N–H and O–H groups in total. The van der Waals surface area contributed by atoms with Crippen LogP contribution < -0.4 is 11.1 Å². The Hall–Kier alpha value is -2.81. The molecule has 0 fully saturated rings. The third-order valence-corrected chi connectivity index (χ3v) is 5.07. The van der Waals surface area contributed by atoms with Crippen LogP contribution in [0.5, 0.6) is 0 Å². The molecule has 0 saturated heterocycles. The summed E-state index contributed by atoms with van der Waals surface area (Å²) in [5.74, 6) is 1.58. The molecule has 0 aliphatic heterocycles. The van der Waals surface area contributed by atoms with Gasteiger partial charge < -0.3 is 15.5 Å². The minimum absolute atomic E-state index is 0. The summed E-state index contributed by atoms with van der Waals surface area (Å²) >= 11 is 7.46. The maximum absolute atomic E-state index is 5.90. The van der Waals surface area contributed by atoms with Gasteiger partial charge in [0.2, 0.25) is 0 Å². The Morgan fingerprint density at radius 3 is 2.66 bits per heavy atom. The quantitative estimate of drug-likeness (QED) is 0.388. The summed E-state index contributed by atoms with van der Waals surface area (Å²) < 4.78 is 5.77. The number of aromatic nitrogens is 4. The minimum atomic E-state index is 0. The summed E-state index contributed by atoms with van der Waals surface area (Å²) in [4.78, 5) is 8.46. The van der Waals surface area contributed by atoms with Crippen LogP contribution in [-0.2, 0) is 5.75 Å². The topological polar surface area (TPSA) is 103 Å². The van der Waals surface area contributed by atoms with Crippen LogP contribution in [0, 0.1) is 0 Å². The normalized spacial score (nSPS) is 10.4. The number of anilines is 3. The second-order valence-corrected chi connectivity index (χ2v) is 7.18. The Bertz CT molecular complexity index is 1090. The zero-order valence-corrected chi connectivity index (χ0v) is 17.3. The Kier molecular flexibility index (Phi) is 6.92. The molecule has 3 heterocycles. The van der Waals surface area contributed by atoms with Crippen molar-refractivity contribution in [2.45, 2.75) is 10.8 Å². The number of benzene rings is 1. The van der Waals surface area contributed by atoms with Gasteiger partial charge in [0, 0.05) is 28.9 Å². The van der Waals surface area contributed by atoms with E-state index in [9.17, 15) is 0 Å². The summed E-state index contributed by atoms with van der Waals surface area (Å²) in [6.07, 6.45) is 3.42. The molecule has 148 valence electrons. The van der Waals surface area contributed by atoms with E-state index in [-0.39, 0.29) is 12.4 Å². The maximum Gasteiger partial charge on any atom is 0.320 e. The van der Waals surface area contributed by atoms with Gasteiger partial charge in [0.25, 0.3) is 5.89 Å². The molecule has 0 bridgehead atoms. The average Bonchev–Trinajstić information content (AvgIpc) is 3.17. The van der Waals surface area contributed by atoms with Crippen LogP contribution in [0.4, 0.5) is 17.5 Å². The number of nitrogens with two attached hydrogens (primary N) is 1. The molecule has 4 rings (SSSR count). The summed E-state index contributed by atoms with van der Waals surface area (Å²) in [6.45, 7) is 0. The van der Waals surface area contributed by atoms with Gasteiger partial charge in [0.05, 0.1) is 5.56 Å². The Balaban J connectivity index is 0.00000240. The molecule has 10 heteroatoms. The Morgan fingerprint density at radius 1 is 1.03 bits per heavy atom. The molecule has 0 unspecified atom stereocenters. The summed E-state index contributed by atoms with van der Waals surface area (Å²) in [6, 6.07) is 15.0. The minimum Gasteiger partial charge on any atom is -0.403 e. The molecule has 4 aromatic rings. The first kappa shape index (κ1) is 20.9. The second-order valence-electron chi connectivity index (χ2n) is 5.78. The first-order valence-electron chi connectivity index (χ1n) is 8.32. The van der Waals surface area contributed by atoms with Gasteiger partial charge >= 0.3 is 6.01 Å². The van der Waals surface area contributed by atoms with E-state index in [0.29, 0.717) is 28.5 Å². The van der Waals surface area contributed by atoms with Crippen molar-refractivity contribution in [3.05, 3.63) is 71.5 Å². The zero-order valence-electron chi connectivity index (χ0n) is 14.9. The van der Waals surface area contributed by atoms with Gasteiger partial charge in [-0.05, 0) is 54.1 Å². The van der Waals surface area contributed by atoms with Crippen molar-refractivity contribution in [3.8, 4) is 11.5 Å². The highest BCUT2D eigenvalue weighted by Gasteiger charge is 2.14. The van der Waals surface area contributed by atoms with Gasteiger partial charge in [-0.2, -0.15) is 0 Å². The summed E-state index contributed by atoms with van der Waals surface area (Å²) in [7, 11) is 0. The number of nitrogens with one attached hydrogen (secondary N) is 1. The monoisotopic (exact) mass is 446 g/mol. The van der Waals surface area contributed by atoms with Crippen molar-refractivity contribution in [3.63, 3.8) is 0 Å². The van der Waals surface area contributed by atoms with Crippen LogP contribution in [0.25, 0.3) is 11.5 Å². The number of nitrogen functional groups attached to an aromatic ring is 1. The molecule has 0 aliphatic carbocycles. The van der Waals surface area contributed by atoms with Gasteiger partial charge in [0.15, 0.2) is 0 Å². The van der Waals surface area contributed by atoms with Crippen molar-refractivity contribution in [2.75, 3.05) is 11.1 Å². The SMILES string of the molecule is Cl.Nc1cc(CSc2ncccc2-c2nnc(Nc3ccc(Cl)cc3)o2)ccn1. The van der Waals surface area contributed by atoms with Crippen molar-refractivity contribution in [1.82, 2.24) is 20.2 Å². The van der Waals surface area contributed by atoms with Gasteiger partial charge in [-0.15, -0.1) is 29.3 Å². The molecule has 0 radical (unpaired) electrons. The van der Waals surface area contributed by atoms with Crippen LogP contribution in [0.1, 0.15) is 5.56 Å². The Morgan fingerprint density at radius 2 is 1.86 bits per heavy atom. The number of hydrogen-bond acceptors (Lipinski definition) is 8. The highest BCUT2D eigenvalue weighted by atomic mass is 35.5. The van der Waals surface area contributed by atoms with Crippen molar-refractivity contribution in [2.24, 2.45) is 0 Å². The maximum atomic E-state index is 5.90. The lowest BCUT2D eigenvalue weighted by molar-refractivity contribution is 0.585. The highest BCUT2D eigenvalue weighted by molar-refractivity contribution is 7.98. The molecule has 29 heavy (non-hydrogen) atoms. The average molecular weight is 447 g/mol. The summed E-state index contributed by atoms with van der Waals surface area (Å²) in [5.41, 5.74) is 8.37. The molecule has 0 atom stereocenters. The van der Waals surface area contributed by atoms with Crippen LogP contribution in [-0.4, -0.2) is 20.2 Å². The van der Waals surface area contributed by atoms with E-state index in [1.54, 1.807) is 36.3 Å². The standard InChI is InChI=1S/C19H15ClN6OS.ClH/c20-13-3-5-14(6-4-13)24-19-26-25-17(27-19)15-2-1-8-23-18(15)28-11-12-7-9-22-16(21)10-12;/h1-10H,11H2,(H2,21,22)(H,24,26);1H. The number of hydrogen-bond donors (Lipinski definition) is 2. The number of rotatable bonds is 6. The fourth-order valence-corrected chi connectivity index (χ4v) is 3.50. The van der Waals surface area contributed by atoms with Crippen molar-refractivity contribution < 1.29 is 4.42 Å². The first-order valence-corrected chi connectivity index (χ1v) is 9.68. The number of nitrogens with zero attached hydrogens (tertiary/aromatic N) is 4. The lowest BCUT2D eigenvalue weighted by Gasteiger charge is -2.05. The second kappa shape index (κ2) is 9.60. The highest BCUT2D eigenvalue weighted by Crippen LogP contribution is 2.32. The molecular formula is C19H16Cl2N6OS. The van der Waals surface area contributed by atoms with E-state index in [2.05, 4.69) is 25.5 Å². The van der Waals surface area contributed by atoms with E-state index in [0.717, 1.165) is 21.8 Å². The first-order chi connectivity index (χ1) is 13.7. The van der Waals surface area contributed by atoms with Crippen molar-refractivity contribution >= 4 is 53.3 Å². The molecule has 0 saturated carbocycles. The molecule has 3 aromatic heterocycles.